The van der Waals surface area contributed by atoms with Gasteiger partial charge in [-0.1, -0.05) is 13.0 Å². The van der Waals surface area contributed by atoms with Gasteiger partial charge in [0.25, 0.3) is 0 Å². The molecule has 2 aromatic carbocycles. The van der Waals surface area contributed by atoms with E-state index in [9.17, 15) is 26.8 Å². The summed E-state index contributed by atoms with van der Waals surface area (Å²) in [5.74, 6) is -3.61. The molecule has 0 radical (unpaired) electrons. The molecule has 0 atom stereocenters. The van der Waals surface area contributed by atoms with Gasteiger partial charge in [-0.15, -0.1) is 0 Å². The maximum absolute atomic E-state index is 13.6. The molecular formula is C18H17F2NO5S. The number of carbonyl (C=O) groups excluding carboxylic acids is 2. The number of hydrogen-bond acceptors (Lipinski definition) is 5. The number of halogens is 2. The summed E-state index contributed by atoms with van der Waals surface area (Å²) >= 11 is 0. The van der Waals surface area contributed by atoms with E-state index in [1.54, 1.807) is 13.8 Å². The lowest BCUT2D eigenvalue weighted by Crippen LogP contribution is -2.23. The van der Waals surface area contributed by atoms with Crippen molar-refractivity contribution in [2.24, 2.45) is 0 Å². The van der Waals surface area contributed by atoms with Gasteiger partial charge in [0.05, 0.1) is 16.0 Å². The lowest BCUT2D eigenvalue weighted by Gasteiger charge is -2.10. The van der Waals surface area contributed by atoms with E-state index in [1.165, 1.54) is 12.1 Å². The fourth-order valence-electron chi connectivity index (χ4n) is 2.26. The largest absolute Gasteiger partial charge is 0.454 e. The molecule has 0 fully saturated rings. The molecule has 0 aliphatic heterocycles. The summed E-state index contributed by atoms with van der Waals surface area (Å²) in [6, 6.07) is 6.25. The highest BCUT2D eigenvalue weighted by atomic mass is 32.2. The molecule has 1 N–H and O–H groups in total. The Balaban J connectivity index is 2.18. The number of esters is 1. The Morgan fingerprint density at radius 3 is 2.44 bits per heavy atom. The molecule has 0 saturated carbocycles. The van der Waals surface area contributed by atoms with Crippen molar-refractivity contribution in [3.8, 4) is 0 Å². The standard InChI is InChI=1S/C18H17F2NO5S/c1-3-21-27(24,25)13-6-4-11(2)14(9-13)18(23)26-10-17(22)15-8-12(19)5-7-16(15)20/h4-9,21H,3,10H2,1-2H3. The third kappa shape index (κ3) is 4.95. The second kappa shape index (κ2) is 8.36. The Kier molecular flexibility index (Phi) is 6.40. The van der Waals surface area contributed by atoms with Crippen LogP contribution in [0.25, 0.3) is 0 Å². The van der Waals surface area contributed by atoms with E-state index < -0.39 is 45.6 Å². The number of rotatable bonds is 7. The molecule has 0 aliphatic rings. The Morgan fingerprint density at radius 2 is 1.78 bits per heavy atom. The Bertz CT molecular complexity index is 989. The van der Waals surface area contributed by atoms with E-state index in [2.05, 4.69) is 4.72 Å². The predicted molar refractivity (Wildman–Crippen MR) is 93.0 cm³/mol. The van der Waals surface area contributed by atoms with Crippen LogP contribution in [0.5, 0.6) is 0 Å². The number of ketones is 1. The van der Waals surface area contributed by atoms with Gasteiger partial charge in [0.1, 0.15) is 11.6 Å². The summed E-state index contributed by atoms with van der Waals surface area (Å²) in [4.78, 5) is 24.1. The minimum absolute atomic E-state index is 0.0542. The average molecular weight is 397 g/mol. The molecule has 2 aromatic rings. The van der Waals surface area contributed by atoms with Crippen LogP contribution in [-0.4, -0.2) is 33.3 Å². The number of hydrogen-bond donors (Lipinski definition) is 1. The molecule has 0 saturated heterocycles. The number of aryl methyl sites for hydroxylation is 1. The molecule has 0 bridgehead atoms. The first kappa shape index (κ1) is 20.7. The monoisotopic (exact) mass is 397 g/mol. The Hall–Kier alpha value is -2.65. The van der Waals surface area contributed by atoms with Crippen LogP contribution >= 0.6 is 0 Å². The maximum Gasteiger partial charge on any atom is 0.338 e. The lowest BCUT2D eigenvalue weighted by molar-refractivity contribution is 0.0472. The summed E-state index contributed by atoms with van der Waals surface area (Å²) in [6.45, 7) is 2.53. The SMILES string of the molecule is CCNS(=O)(=O)c1ccc(C)c(C(=O)OCC(=O)c2cc(F)ccc2F)c1. The van der Waals surface area contributed by atoms with E-state index in [1.807, 2.05) is 0 Å². The molecule has 2 rings (SSSR count). The van der Waals surface area contributed by atoms with Gasteiger partial charge in [0.15, 0.2) is 6.61 Å². The molecule has 6 nitrogen and oxygen atoms in total. The molecule has 27 heavy (non-hydrogen) atoms. The minimum atomic E-state index is -3.78. The number of Topliss-reactive ketones (excluding diaryl/α,β-unsaturated/α-hetero) is 1. The van der Waals surface area contributed by atoms with Crippen molar-refractivity contribution in [1.82, 2.24) is 4.72 Å². The smallest absolute Gasteiger partial charge is 0.338 e. The Morgan fingerprint density at radius 1 is 1.07 bits per heavy atom. The van der Waals surface area contributed by atoms with E-state index >= 15 is 0 Å². The number of carbonyl (C=O) groups is 2. The van der Waals surface area contributed by atoms with Crippen molar-refractivity contribution < 1.29 is 31.5 Å². The topological polar surface area (TPSA) is 89.5 Å². The fourth-order valence-corrected chi connectivity index (χ4v) is 3.33. The van der Waals surface area contributed by atoms with Crippen molar-refractivity contribution in [2.45, 2.75) is 18.7 Å². The summed E-state index contributed by atoms with van der Waals surface area (Å²) in [7, 11) is -3.78. The van der Waals surface area contributed by atoms with Crippen LogP contribution < -0.4 is 4.72 Å². The average Bonchev–Trinajstić information content (AvgIpc) is 2.61. The highest BCUT2D eigenvalue weighted by Gasteiger charge is 2.20. The highest BCUT2D eigenvalue weighted by Crippen LogP contribution is 2.17. The number of sulfonamides is 1. The van der Waals surface area contributed by atoms with Crippen molar-refractivity contribution in [3.05, 3.63) is 64.7 Å². The Labute approximate surface area is 155 Å². The second-order valence-corrected chi connectivity index (χ2v) is 7.37. The van der Waals surface area contributed by atoms with Crippen LogP contribution in [0.15, 0.2) is 41.3 Å². The van der Waals surface area contributed by atoms with E-state index in [0.717, 1.165) is 18.2 Å². The van der Waals surface area contributed by atoms with E-state index in [0.29, 0.717) is 11.6 Å². The van der Waals surface area contributed by atoms with Crippen LogP contribution in [0.1, 0.15) is 33.2 Å². The molecule has 0 aromatic heterocycles. The molecule has 0 spiro atoms. The summed E-state index contributed by atoms with van der Waals surface area (Å²) in [5.41, 5.74) is -0.163. The quantitative estimate of drug-likeness (QED) is 0.573. The highest BCUT2D eigenvalue weighted by molar-refractivity contribution is 7.89. The predicted octanol–water partition coefficient (Wildman–Crippen LogP) is 2.61. The summed E-state index contributed by atoms with van der Waals surface area (Å²) in [6.07, 6.45) is 0. The van der Waals surface area contributed by atoms with Crippen LogP contribution in [-0.2, 0) is 14.8 Å². The van der Waals surface area contributed by atoms with Gasteiger partial charge in [0, 0.05) is 6.54 Å². The van der Waals surface area contributed by atoms with Gasteiger partial charge in [0.2, 0.25) is 15.8 Å². The third-order valence-corrected chi connectivity index (χ3v) is 5.18. The van der Waals surface area contributed by atoms with Gasteiger partial charge in [-0.25, -0.2) is 26.7 Å². The van der Waals surface area contributed by atoms with Crippen LogP contribution in [0.2, 0.25) is 0 Å². The fraction of sp³-hybridized carbons (Fsp3) is 0.222. The zero-order valence-electron chi connectivity index (χ0n) is 14.6. The van der Waals surface area contributed by atoms with Gasteiger partial charge >= 0.3 is 5.97 Å². The first-order valence-corrected chi connectivity index (χ1v) is 9.39. The summed E-state index contributed by atoms with van der Waals surface area (Å²) in [5, 5.41) is 0. The third-order valence-electron chi connectivity index (χ3n) is 3.64. The van der Waals surface area contributed by atoms with Crippen LogP contribution in [0.4, 0.5) is 8.78 Å². The van der Waals surface area contributed by atoms with E-state index in [4.69, 9.17) is 4.74 Å². The first-order valence-electron chi connectivity index (χ1n) is 7.91. The van der Waals surface area contributed by atoms with E-state index in [-0.39, 0.29) is 17.0 Å². The first-order chi connectivity index (χ1) is 12.7. The molecule has 0 heterocycles. The maximum atomic E-state index is 13.6. The normalized spacial score (nSPS) is 11.3. The lowest BCUT2D eigenvalue weighted by atomic mass is 10.1. The van der Waals surface area contributed by atoms with Gasteiger partial charge in [-0.2, -0.15) is 0 Å². The van der Waals surface area contributed by atoms with Crippen molar-refractivity contribution in [3.63, 3.8) is 0 Å². The summed E-state index contributed by atoms with van der Waals surface area (Å²) < 4.78 is 58.0. The van der Waals surface area contributed by atoms with Crippen LogP contribution in [0.3, 0.4) is 0 Å². The zero-order chi connectivity index (χ0) is 20.2. The van der Waals surface area contributed by atoms with Crippen molar-refractivity contribution >= 4 is 21.8 Å². The molecule has 9 heteroatoms. The zero-order valence-corrected chi connectivity index (χ0v) is 15.4. The van der Waals surface area contributed by atoms with Crippen molar-refractivity contribution in [2.75, 3.05) is 13.2 Å². The van der Waals surface area contributed by atoms with Crippen molar-refractivity contribution in [1.29, 1.82) is 0 Å². The molecule has 0 amide bonds. The number of benzene rings is 2. The minimum Gasteiger partial charge on any atom is -0.454 e. The number of ether oxygens (including phenoxy) is 1. The van der Waals surface area contributed by atoms with Gasteiger partial charge < -0.3 is 4.74 Å². The molecule has 144 valence electrons. The van der Waals surface area contributed by atoms with Gasteiger partial charge in [-0.3, -0.25) is 4.79 Å². The number of nitrogens with one attached hydrogen (secondary N) is 1. The van der Waals surface area contributed by atoms with Crippen LogP contribution in [0, 0.1) is 18.6 Å². The molecular weight excluding hydrogens is 380 g/mol. The molecule has 0 unspecified atom stereocenters. The second-order valence-electron chi connectivity index (χ2n) is 5.60. The molecule has 0 aliphatic carbocycles. The van der Waals surface area contributed by atoms with Gasteiger partial charge in [-0.05, 0) is 42.8 Å².